The second-order valence-electron chi connectivity index (χ2n) is 2.85. The number of hydrogen-bond donors (Lipinski definition) is 1. The van der Waals surface area contributed by atoms with Crippen molar-refractivity contribution < 1.29 is 0 Å². The van der Waals surface area contributed by atoms with E-state index in [1.165, 1.54) is 5.56 Å². The SMILES string of the molecule is C#CC(C)Nc1ccccc1C. The number of aryl methyl sites for hydroxylation is 1. The Hall–Kier alpha value is -1.42. The van der Waals surface area contributed by atoms with Crippen molar-refractivity contribution in [3.8, 4) is 12.3 Å². The summed E-state index contributed by atoms with van der Waals surface area (Å²) in [5.74, 6) is 2.63. The molecule has 1 unspecified atom stereocenters. The topological polar surface area (TPSA) is 12.0 Å². The molecule has 1 atom stereocenters. The molecule has 0 fully saturated rings. The number of benzene rings is 1. The van der Waals surface area contributed by atoms with E-state index in [2.05, 4.69) is 24.2 Å². The third-order valence-corrected chi connectivity index (χ3v) is 1.77. The number of hydrogen-bond acceptors (Lipinski definition) is 1. The summed E-state index contributed by atoms with van der Waals surface area (Å²) in [5.41, 5.74) is 2.34. The highest BCUT2D eigenvalue weighted by molar-refractivity contribution is 5.51. The first-order chi connectivity index (χ1) is 5.74. The first-order valence-corrected chi connectivity index (χ1v) is 4.02. The lowest BCUT2D eigenvalue weighted by molar-refractivity contribution is 1.03. The van der Waals surface area contributed by atoms with E-state index in [1.54, 1.807) is 0 Å². The predicted octanol–water partition coefficient (Wildman–Crippen LogP) is 2.43. The van der Waals surface area contributed by atoms with E-state index in [4.69, 9.17) is 6.42 Å². The highest BCUT2D eigenvalue weighted by Crippen LogP contribution is 2.13. The third-order valence-electron chi connectivity index (χ3n) is 1.77. The molecule has 1 rings (SSSR count). The maximum Gasteiger partial charge on any atom is 0.0845 e. The van der Waals surface area contributed by atoms with Crippen LogP contribution in [0, 0.1) is 19.3 Å². The number of para-hydroxylation sites is 1. The molecule has 12 heavy (non-hydrogen) atoms. The molecular weight excluding hydrogens is 146 g/mol. The van der Waals surface area contributed by atoms with Crippen LogP contribution in [0.15, 0.2) is 24.3 Å². The fourth-order valence-corrected chi connectivity index (χ4v) is 1.01. The first-order valence-electron chi connectivity index (χ1n) is 4.02. The molecule has 0 spiro atoms. The maximum absolute atomic E-state index is 5.26. The standard InChI is InChI=1S/C11H13N/c1-4-10(3)12-11-8-6-5-7-9(11)2/h1,5-8,10,12H,2-3H3. The zero-order chi connectivity index (χ0) is 8.97. The zero-order valence-electron chi connectivity index (χ0n) is 7.46. The molecular formula is C11H13N. The van der Waals surface area contributed by atoms with Gasteiger partial charge in [0.05, 0.1) is 6.04 Å². The Morgan fingerprint density at radius 2 is 2.08 bits per heavy atom. The molecule has 0 aliphatic heterocycles. The quantitative estimate of drug-likeness (QED) is 0.653. The third kappa shape index (κ3) is 2.03. The molecule has 0 bridgehead atoms. The van der Waals surface area contributed by atoms with Crippen LogP contribution in [0.3, 0.4) is 0 Å². The lowest BCUT2D eigenvalue weighted by atomic mass is 10.2. The fraction of sp³-hybridized carbons (Fsp3) is 0.273. The van der Waals surface area contributed by atoms with Crippen molar-refractivity contribution in [2.24, 2.45) is 0 Å². The second kappa shape index (κ2) is 3.82. The van der Waals surface area contributed by atoms with E-state index < -0.39 is 0 Å². The van der Waals surface area contributed by atoms with E-state index >= 15 is 0 Å². The van der Waals surface area contributed by atoms with Gasteiger partial charge in [-0.05, 0) is 25.5 Å². The van der Waals surface area contributed by atoms with E-state index in [9.17, 15) is 0 Å². The van der Waals surface area contributed by atoms with Gasteiger partial charge < -0.3 is 5.32 Å². The Balaban J connectivity index is 2.77. The summed E-state index contributed by atoms with van der Waals surface area (Å²) in [5, 5.41) is 3.22. The fourth-order valence-electron chi connectivity index (χ4n) is 1.01. The van der Waals surface area contributed by atoms with Crippen molar-refractivity contribution in [2.75, 3.05) is 5.32 Å². The van der Waals surface area contributed by atoms with Gasteiger partial charge in [0.25, 0.3) is 0 Å². The van der Waals surface area contributed by atoms with Crippen LogP contribution in [0.5, 0.6) is 0 Å². The molecule has 1 N–H and O–H groups in total. The van der Waals surface area contributed by atoms with Gasteiger partial charge in [-0.15, -0.1) is 6.42 Å². The maximum atomic E-state index is 5.26. The number of anilines is 1. The van der Waals surface area contributed by atoms with E-state index in [0.717, 1.165) is 5.69 Å². The Morgan fingerprint density at radius 1 is 1.42 bits per heavy atom. The predicted molar refractivity (Wildman–Crippen MR) is 53.1 cm³/mol. The van der Waals surface area contributed by atoms with Crippen molar-refractivity contribution in [1.82, 2.24) is 0 Å². The Morgan fingerprint density at radius 3 is 2.67 bits per heavy atom. The van der Waals surface area contributed by atoms with Gasteiger partial charge in [-0.1, -0.05) is 24.1 Å². The zero-order valence-corrected chi connectivity index (χ0v) is 7.46. The molecule has 0 aromatic heterocycles. The average molecular weight is 159 g/mol. The summed E-state index contributed by atoms with van der Waals surface area (Å²) in [4.78, 5) is 0. The smallest absolute Gasteiger partial charge is 0.0845 e. The van der Waals surface area contributed by atoms with Crippen molar-refractivity contribution in [3.05, 3.63) is 29.8 Å². The van der Waals surface area contributed by atoms with Crippen LogP contribution in [0.1, 0.15) is 12.5 Å². The minimum absolute atomic E-state index is 0.0890. The summed E-state index contributed by atoms with van der Waals surface area (Å²) in [6.45, 7) is 4.03. The van der Waals surface area contributed by atoms with Crippen molar-refractivity contribution >= 4 is 5.69 Å². The van der Waals surface area contributed by atoms with Gasteiger partial charge in [-0.3, -0.25) is 0 Å². The van der Waals surface area contributed by atoms with Crippen LogP contribution in [0.2, 0.25) is 0 Å². The van der Waals surface area contributed by atoms with Gasteiger partial charge in [0.1, 0.15) is 0 Å². The second-order valence-corrected chi connectivity index (χ2v) is 2.85. The Kier molecular flexibility index (Phi) is 2.76. The normalized spacial score (nSPS) is 11.8. The van der Waals surface area contributed by atoms with E-state index in [-0.39, 0.29) is 6.04 Å². The van der Waals surface area contributed by atoms with Crippen molar-refractivity contribution in [2.45, 2.75) is 19.9 Å². The van der Waals surface area contributed by atoms with Gasteiger partial charge in [0.15, 0.2) is 0 Å². The lowest BCUT2D eigenvalue weighted by Gasteiger charge is -2.11. The molecule has 1 aromatic rings. The van der Waals surface area contributed by atoms with E-state index in [0.29, 0.717) is 0 Å². The molecule has 0 saturated heterocycles. The molecule has 1 nitrogen and oxygen atoms in total. The van der Waals surface area contributed by atoms with Gasteiger partial charge in [-0.2, -0.15) is 0 Å². The van der Waals surface area contributed by atoms with Gasteiger partial charge in [0, 0.05) is 5.69 Å². The lowest BCUT2D eigenvalue weighted by Crippen LogP contribution is -2.12. The van der Waals surface area contributed by atoms with E-state index in [1.807, 2.05) is 25.1 Å². The van der Waals surface area contributed by atoms with Crippen LogP contribution >= 0.6 is 0 Å². The molecule has 0 aliphatic carbocycles. The molecule has 1 aromatic carbocycles. The molecule has 0 aliphatic rings. The summed E-state index contributed by atoms with van der Waals surface area (Å²) < 4.78 is 0. The molecule has 0 amide bonds. The molecule has 0 heterocycles. The number of rotatable bonds is 2. The van der Waals surface area contributed by atoms with Crippen LogP contribution in [0.4, 0.5) is 5.69 Å². The molecule has 0 saturated carbocycles. The van der Waals surface area contributed by atoms with Gasteiger partial charge in [-0.25, -0.2) is 0 Å². The first kappa shape index (κ1) is 8.67. The summed E-state index contributed by atoms with van der Waals surface area (Å²) in [7, 11) is 0. The summed E-state index contributed by atoms with van der Waals surface area (Å²) in [6.07, 6.45) is 5.26. The van der Waals surface area contributed by atoms with Crippen LogP contribution in [-0.2, 0) is 0 Å². The van der Waals surface area contributed by atoms with Crippen LogP contribution < -0.4 is 5.32 Å². The van der Waals surface area contributed by atoms with Gasteiger partial charge in [0.2, 0.25) is 0 Å². The Bertz CT molecular complexity index is 296. The monoisotopic (exact) mass is 159 g/mol. The number of nitrogens with one attached hydrogen (secondary N) is 1. The number of terminal acetylenes is 1. The molecule has 62 valence electrons. The average Bonchev–Trinajstić information content (AvgIpc) is 2.09. The molecule has 1 heteroatoms. The highest BCUT2D eigenvalue weighted by atomic mass is 14.9. The Labute approximate surface area is 73.8 Å². The van der Waals surface area contributed by atoms with Crippen molar-refractivity contribution in [3.63, 3.8) is 0 Å². The van der Waals surface area contributed by atoms with Crippen LogP contribution in [-0.4, -0.2) is 6.04 Å². The van der Waals surface area contributed by atoms with Crippen LogP contribution in [0.25, 0.3) is 0 Å². The van der Waals surface area contributed by atoms with Crippen molar-refractivity contribution in [1.29, 1.82) is 0 Å². The highest BCUT2D eigenvalue weighted by Gasteiger charge is 1.98. The minimum atomic E-state index is 0.0890. The minimum Gasteiger partial charge on any atom is -0.372 e. The molecule has 0 radical (unpaired) electrons. The largest absolute Gasteiger partial charge is 0.372 e. The van der Waals surface area contributed by atoms with Gasteiger partial charge >= 0.3 is 0 Å². The summed E-state index contributed by atoms with van der Waals surface area (Å²) in [6, 6.07) is 8.19. The summed E-state index contributed by atoms with van der Waals surface area (Å²) >= 11 is 0.